The molecule has 2 heterocycles. The number of amides is 1. The number of rotatable bonds is 5. The van der Waals surface area contributed by atoms with E-state index in [1.165, 1.54) is 11.3 Å². The Labute approximate surface area is 157 Å². The zero-order chi connectivity index (χ0) is 17.9. The SMILES string of the molecule is O=C(CCc1nc(-c2ccccc2)no1)Nc1nc2ccc(Cl)cc2s1. The van der Waals surface area contributed by atoms with Crippen LogP contribution in [0.15, 0.2) is 53.1 Å². The molecule has 1 amide bonds. The first-order valence-electron chi connectivity index (χ1n) is 7.91. The van der Waals surface area contributed by atoms with Crippen molar-refractivity contribution in [2.45, 2.75) is 12.8 Å². The number of fused-ring (bicyclic) bond motifs is 1. The molecule has 0 unspecified atom stereocenters. The molecule has 0 aliphatic rings. The molecule has 0 radical (unpaired) electrons. The third-order valence-electron chi connectivity index (χ3n) is 3.66. The maximum absolute atomic E-state index is 12.1. The van der Waals surface area contributed by atoms with Crippen molar-refractivity contribution in [3.05, 3.63) is 59.4 Å². The fraction of sp³-hybridized carbons (Fsp3) is 0.111. The minimum absolute atomic E-state index is 0.158. The number of nitrogens with zero attached hydrogens (tertiary/aromatic N) is 3. The van der Waals surface area contributed by atoms with E-state index in [2.05, 4.69) is 20.4 Å². The minimum atomic E-state index is -0.158. The van der Waals surface area contributed by atoms with Crippen molar-refractivity contribution >= 4 is 44.2 Å². The van der Waals surface area contributed by atoms with Crippen LogP contribution in [-0.2, 0) is 11.2 Å². The Morgan fingerprint density at radius 3 is 2.85 bits per heavy atom. The third kappa shape index (κ3) is 3.74. The quantitative estimate of drug-likeness (QED) is 0.545. The van der Waals surface area contributed by atoms with Crippen molar-refractivity contribution in [2.75, 3.05) is 5.32 Å². The average Bonchev–Trinajstić information content (AvgIpc) is 3.27. The maximum Gasteiger partial charge on any atom is 0.227 e. The van der Waals surface area contributed by atoms with Crippen molar-refractivity contribution in [3.63, 3.8) is 0 Å². The van der Waals surface area contributed by atoms with Gasteiger partial charge in [-0.15, -0.1) is 0 Å². The van der Waals surface area contributed by atoms with Gasteiger partial charge in [-0.1, -0.05) is 58.4 Å². The van der Waals surface area contributed by atoms with E-state index in [0.29, 0.717) is 28.3 Å². The fourth-order valence-corrected chi connectivity index (χ4v) is 3.57. The molecular formula is C18H13ClN4O2S. The lowest BCUT2D eigenvalue weighted by Crippen LogP contribution is -2.12. The summed E-state index contributed by atoms with van der Waals surface area (Å²) < 4.78 is 6.14. The van der Waals surface area contributed by atoms with Crippen LogP contribution in [0.2, 0.25) is 5.02 Å². The number of carbonyl (C=O) groups is 1. The second-order valence-electron chi connectivity index (χ2n) is 5.56. The minimum Gasteiger partial charge on any atom is -0.339 e. The molecule has 0 aliphatic carbocycles. The van der Waals surface area contributed by atoms with Gasteiger partial charge < -0.3 is 9.84 Å². The van der Waals surface area contributed by atoms with Gasteiger partial charge in [0.1, 0.15) is 0 Å². The van der Waals surface area contributed by atoms with E-state index in [1.807, 2.05) is 42.5 Å². The summed E-state index contributed by atoms with van der Waals surface area (Å²) >= 11 is 7.35. The average molecular weight is 385 g/mol. The van der Waals surface area contributed by atoms with Crippen molar-refractivity contribution < 1.29 is 9.32 Å². The molecule has 0 fully saturated rings. The molecule has 1 N–H and O–H groups in total. The Bertz CT molecular complexity index is 1060. The molecule has 8 heteroatoms. The van der Waals surface area contributed by atoms with E-state index >= 15 is 0 Å². The highest BCUT2D eigenvalue weighted by molar-refractivity contribution is 7.22. The Hall–Kier alpha value is -2.77. The van der Waals surface area contributed by atoms with E-state index < -0.39 is 0 Å². The number of thiazole rings is 1. The van der Waals surface area contributed by atoms with Gasteiger partial charge in [0.15, 0.2) is 5.13 Å². The van der Waals surface area contributed by atoms with E-state index in [1.54, 1.807) is 6.07 Å². The van der Waals surface area contributed by atoms with Crippen LogP contribution in [0.3, 0.4) is 0 Å². The summed E-state index contributed by atoms with van der Waals surface area (Å²) in [6.07, 6.45) is 0.593. The normalized spacial score (nSPS) is 11.0. The molecule has 2 aromatic carbocycles. The highest BCUT2D eigenvalue weighted by Crippen LogP contribution is 2.28. The van der Waals surface area contributed by atoms with Crippen LogP contribution in [-0.4, -0.2) is 21.0 Å². The predicted molar refractivity (Wildman–Crippen MR) is 101 cm³/mol. The number of benzene rings is 2. The van der Waals surface area contributed by atoms with Crippen molar-refractivity contribution in [1.29, 1.82) is 0 Å². The maximum atomic E-state index is 12.1. The summed E-state index contributed by atoms with van der Waals surface area (Å²) in [7, 11) is 0. The van der Waals surface area contributed by atoms with Crippen molar-refractivity contribution in [3.8, 4) is 11.4 Å². The molecule has 26 heavy (non-hydrogen) atoms. The van der Waals surface area contributed by atoms with E-state index in [4.69, 9.17) is 16.1 Å². The molecule has 4 rings (SSSR count). The first kappa shape index (κ1) is 16.7. The molecule has 6 nitrogen and oxygen atoms in total. The monoisotopic (exact) mass is 384 g/mol. The largest absolute Gasteiger partial charge is 0.339 e. The Morgan fingerprint density at radius 1 is 1.15 bits per heavy atom. The topological polar surface area (TPSA) is 80.9 Å². The third-order valence-corrected chi connectivity index (χ3v) is 4.83. The molecule has 130 valence electrons. The molecule has 0 saturated carbocycles. The second kappa shape index (κ2) is 7.23. The van der Waals surface area contributed by atoms with Gasteiger partial charge in [0.2, 0.25) is 17.6 Å². The van der Waals surface area contributed by atoms with Crippen LogP contribution in [0.25, 0.3) is 21.6 Å². The summed E-state index contributed by atoms with van der Waals surface area (Å²) in [5.74, 6) is 0.786. The summed E-state index contributed by atoms with van der Waals surface area (Å²) in [5.41, 5.74) is 1.68. The lowest BCUT2D eigenvalue weighted by Gasteiger charge is -1.98. The van der Waals surface area contributed by atoms with Crippen LogP contribution in [0, 0.1) is 0 Å². The molecule has 0 spiro atoms. The van der Waals surface area contributed by atoms with Crippen molar-refractivity contribution in [1.82, 2.24) is 15.1 Å². The predicted octanol–water partition coefficient (Wildman–Crippen LogP) is 4.57. The van der Waals surface area contributed by atoms with E-state index in [9.17, 15) is 4.79 Å². The highest BCUT2D eigenvalue weighted by atomic mass is 35.5. The Balaban J connectivity index is 1.37. The molecule has 0 saturated heterocycles. The van der Waals surface area contributed by atoms with Crippen molar-refractivity contribution in [2.24, 2.45) is 0 Å². The zero-order valence-corrected chi connectivity index (χ0v) is 15.0. The van der Waals surface area contributed by atoms with Gasteiger partial charge in [-0.05, 0) is 18.2 Å². The van der Waals surface area contributed by atoms with E-state index in [-0.39, 0.29) is 12.3 Å². The number of aryl methyl sites for hydroxylation is 1. The lowest BCUT2D eigenvalue weighted by atomic mass is 10.2. The van der Waals surface area contributed by atoms with Gasteiger partial charge in [-0.3, -0.25) is 4.79 Å². The molecule has 0 atom stereocenters. The Kier molecular flexibility index (Phi) is 4.64. The van der Waals surface area contributed by atoms with E-state index in [0.717, 1.165) is 15.8 Å². The van der Waals surface area contributed by atoms with Gasteiger partial charge in [-0.2, -0.15) is 4.98 Å². The first-order valence-corrected chi connectivity index (χ1v) is 9.11. The number of aromatic nitrogens is 3. The standard InChI is InChI=1S/C18H13ClN4O2S/c19-12-6-7-13-14(10-12)26-18(20-13)21-15(24)8-9-16-22-17(23-25-16)11-4-2-1-3-5-11/h1-7,10H,8-9H2,(H,20,21,24). The second-order valence-corrected chi connectivity index (χ2v) is 7.02. The zero-order valence-electron chi connectivity index (χ0n) is 13.5. The van der Waals surface area contributed by atoms with Crippen LogP contribution < -0.4 is 5.32 Å². The number of carbonyl (C=O) groups excluding carboxylic acids is 1. The number of anilines is 1. The van der Waals surface area contributed by atoms with Gasteiger partial charge in [-0.25, -0.2) is 4.98 Å². The highest BCUT2D eigenvalue weighted by Gasteiger charge is 2.12. The van der Waals surface area contributed by atoms with Gasteiger partial charge >= 0.3 is 0 Å². The van der Waals surface area contributed by atoms with Crippen LogP contribution in [0.4, 0.5) is 5.13 Å². The lowest BCUT2D eigenvalue weighted by molar-refractivity contribution is -0.116. The molecular weight excluding hydrogens is 372 g/mol. The number of hydrogen-bond donors (Lipinski definition) is 1. The summed E-state index contributed by atoms with van der Waals surface area (Å²) in [4.78, 5) is 20.8. The number of nitrogens with one attached hydrogen (secondary N) is 1. The van der Waals surface area contributed by atoms with Crippen LogP contribution >= 0.6 is 22.9 Å². The molecule has 0 bridgehead atoms. The number of hydrogen-bond acceptors (Lipinski definition) is 6. The van der Waals surface area contributed by atoms with Gasteiger partial charge in [0, 0.05) is 23.4 Å². The van der Waals surface area contributed by atoms with Crippen LogP contribution in [0.5, 0.6) is 0 Å². The van der Waals surface area contributed by atoms with Gasteiger partial charge in [0.05, 0.1) is 10.2 Å². The number of halogens is 1. The molecule has 2 aromatic heterocycles. The fourth-order valence-electron chi connectivity index (χ4n) is 2.42. The molecule has 0 aliphatic heterocycles. The summed E-state index contributed by atoms with van der Waals surface area (Å²) in [5, 5.41) is 7.93. The van der Waals surface area contributed by atoms with Crippen LogP contribution in [0.1, 0.15) is 12.3 Å². The first-order chi connectivity index (χ1) is 12.7. The summed E-state index contributed by atoms with van der Waals surface area (Å²) in [6, 6.07) is 15.0. The molecule has 4 aromatic rings. The summed E-state index contributed by atoms with van der Waals surface area (Å²) in [6.45, 7) is 0. The smallest absolute Gasteiger partial charge is 0.227 e. The van der Waals surface area contributed by atoms with Gasteiger partial charge in [0.25, 0.3) is 0 Å². The Morgan fingerprint density at radius 2 is 2.00 bits per heavy atom.